The molecular formula is C16H15IN2O2. The topological polar surface area (TPSA) is 43.2 Å². The first-order chi connectivity index (χ1) is 10.2. The highest BCUT2D eigenvalue weighted by molar-refractivity contribution is 14.1. The zero-order valence-corrected chi connectivity index (χ0v) is 13.9. The SMILES string of the molecule is COc1cccc(/C=N\N=C/c2cccc(I)c2)c1OC. The summed E-state index contributed by atoms with van der Waals surface area (Å²) in [6.45, 7) is 0. The second kappa shape index (κ2) is 7.78. The second-order valence-corrected chi connectivity index (χ2v) is 5.37. The number of benzene rings is 2. The largest absolute Gasteiger partial charge is 0.493 e. The highest BCUT2D eigenvalue weighted by Gasteiger charge is 2.06. The Hall–Kier alpha value is -1.89. The van der Waals surface area contributed by atoms with E-state index in [0.717, 1.165) is 14.7 Å². The zero-order chi connectivity index (χ0) is 15.1. The maximum absolute atomic E-state index is 5.33. The average molecular weight is 394 g/mol. The van der Waals surface area contributed by atoms with Gasteiger partial charge < -0.3 is 9.47 Å². The van der Waals surface area contributed by atoms with Crippen molar-refractivity contribution >= 4 is 35.0 Å². The van der Waals surface area contributed by atoms with E-state index in [4.69, 9.17) is 9.47 Å². The second-order valence-electron chi connectivity index (χ2n) is 4.13. The van der Waals surface area contributed by atoms with Crippen LogP contribution >= 0.6 is 22.6 Å². The first kappa shape index (κ1) is 15.5. The molecule has 2 aromatic rings. The van der Waals surface area contributed by atoms with Gasteiger partial charge in [0, 0.05) is 9.13 Å². The van der Waals surface area contributed by atoms with E-state index in [1.165, 1.54) is 0 Å². The first-order valence-corrected chi connectivity index (χ1v) is 7.35. The summed E-state index contributed by atoms with van der Waals surface area (Å²) in [7, 11) is 3.21. The molecule has 21 heavy (non-hydrogen) atoms. The number of para-hydroxylation sites is 1. The van der Waals surface area contributed by atoms with Gasteiger partial charge in [-0.1, -0.05) is 18.2 Å². The van der Waals surface area contributed by atoms with Crippen molar-refractivity contribution in [1.82, 2.24) is 0 Å². The number of ether oxygens (including phenoxy) is 2. The van der Waals surface area contributed by atoms with Crippen LogP contribution in [0.4, 0.5) is 0 Å². The molecule has 0 fully saturated rings. The van der Waals surface area contributed by atoms with E-state index in [0.29, 0.717) is 11.5 Å². The summed E-state index contributed by atoms with van der Waals surface area (Å²) in [4.78, 5) is 0. The normalized spacial score (nSPS) is 11.2. The molecule has 5 heteroatoms. The fraction of sp³-hybridized carbons (Fsp3) is 0.125. The van der Waals surface area contributed by atoms with Crippen LogP contribution in [0.3, 0.4) is 0 Å². The van der Waals surface area contributed by atoms with E-state index in [-0.39, 0.29) is 0 Å². The third kappa shape index (κ3) is 4.29. The van der Waals surface area contributed by atoms with Gasteiger partial charge in [0.25, 0.3) is 0 Å². The predicted octanol–water partition coefficient (Wildman–Crippen LogP) is 3.76. The maximum Gasteiger partial charge on any atom is 0.169 e. The molecule has 0 aliphatic rings. The molecule has 0 N–H and O–H groups in total. The lowest BCUT2D eigenvalue weighted by Crippen LogP contribution is -1.94. The van der Waals surface area contributed by atoms with Crippen LogP contribution in [0.2, 0.25) is 0 Å². The summed E-state index contributed by atoms with van der Waals surface area (Å²) < 4.78 is 11.7. The molecule has 0 atom stereocenters. The Morgan fingerprint density at radius 2 is 1.71 bits per heavy atom. The summed E-state index contributed by atoms with van der Waals surface area (Å²) >= 11 is 2.26. The Morgan fingerprint density at radius 3 is 2.43 bits per heavy atom. The maximum atomic E-state index is 5.33. The van der Waals surface area contributed by atoms with Gasteiger partial charge in [-0.15, -0.1) is 0 Å². The lowest BCUT2D eigenvalue weighted by Gasteiger charge is -2.08. The molecule has 0 bridgehead atoms. The molecule has 108 valence electrons. The van der Waals surface area contributed by atoms with Crippen LogP contribution in [0.5, 0.6) is 11.5 Å². The van der Waals surface area contributed by atoms with Gasteiger partial charge in [-0.05, 0) is 52.4 Å². The van der Waals surface area contributed by atoms with E-state index in [9.17, 15) is 0 Å². The van der Waals surface area contributed by atoms with Crippen molar-refractivity contribution in [2.24, 2.45) is 10.2 Å². The van der Waals surface area contributed by atoms with Crippen LogP contribution in [0.15, 0.2) is 52.7 Å². The number of rotatable bonds is 5. The van der Waals surface area contributed by atoms with Gasteiger partial charge in [0.05, 0.1) is 26.6 Å². The molecule has 4 nitrogen and oxygen atoms in total. The molecule has 0 aliphatic heterocycles. The van der Waals surface area contributed by atoms with Crippen LogP contribution in [0.1, 0.15) is 11.1 Å². The molecule has 0 saturated heterocycles. The summed E-state index contributed by atoms with van der Waals surface area (Å²) in [6, 6.07) is 13.6. The summed E-state index contributed by atoms with van der Waals surface area (Å²) in [5.41, 5.74) is 1.83. The highest BCUT2D eigenvalue weighted by atomic mass is 127. The number of methoxy groups -OCH3 is 2. The van der Waals surface area contributed by atoms with Crippen LogP contribution in [0.25, 0.3) is 0 Å². The van der Waals surface area contributed by atoms with Crippen molar-refractivity contribution in [3.05, 3.63) is 57.2 Å². The Labute approximate surface area is 137 Å². The molecule has 2 rings (SSSR count). The van der Waals surface area contributed by atoms with Crippen molar-refractivity contribution < 1.29 is 9.47 Å². The monoisotopic (exact) mass is 394 g/mol. The average Bonchev–Trinajstić information content (AvgIpc) is 2.51. The minimum atomic E-state index is 0.646. The van der Waals surface area contributed by atoms with Crippen molar-refractivity contribution in [3.63, 3.8) is 0 Å². The van der Waals surface area contributed by atoms with Crippen LogP contribution in [-0.4, -0.2) is 26.6 Å². The zero-order valence-electron chi connectivity index (χ0n) is 11.8. The first-order valence-electron chi connectivity index (χ1n) is 6.27. The van der Waals surface area contributed by atoms with Crippen LogP contribution in [-0.2, 0) is 0 Å². The molecular weight excluding hydrogens is 379 g/mol. The van der Waals surface area contributed by atoms with E-state index < -0.39 is 0 Å². The molecule has 0 saturated carbocycles. The number of hydrogen-bond acceptors (Lipinski definition) is 4. The fourth-order valence-corrected chi connectivity index (χ4v) is 2.36. The Balaban J connectivity index is 2.15. The van der Waals surface area contributed by atoms with Gasteiger partial charge in [0.2, 0.25) is 0 Å². The highest BCUT2D eigenvalue weighted by Crippen LogP contribution is 2.29. The third-order valence-electron chi connectivity index (χ3n) is 2.75. The predicted molar refractivity (Wildman–Crippen MR) is 93.9 cm³/mol. The van der Waals surface area contributed by atoms with Gasteiger partial charge in [-0.25, -0.2) is 0 Å². The number of halogens is 1. The van der Waals surface area contributed by atoms with Crippen molar-refractivity contribution in [2.75, 3.05) is 14.2 Å². The molecule has 0 unspecified atom stereocenters. The van der Waals surface area contributed by atoms with E-state index in [2.05, 4.69) is 32.8 Å². The molecule has 0 aliphatic carbocycles. The minimum absolute atomic E-state index is 0.646. The summed E-state index contributed by atoms with van der Waals surface area (Å²) in [6.07, 6.45) is 3.36. The molecule has 2 aromatic carbocycles. The van der Waals surface area contributed by atoms with Gasteiger partial charge in [0.15, 0.2) is 11.5 Å². The van der Waals surface area contributed by atoms with E-state index in [1.807, 2.05) is 42.5 Å². The number of nitrogens with zero attached hydrogens (tertiary/aromatic N) is 2. The minimum Gasteiger partial charge on any atom is -0.493 e. The number of hydrogen-bond donors (Lipinski definition) is 0. The van der Waals surface area contributed by atoms with Gasteiger partial charge in [0.1, 0.15) is 0 Å². The molecule has 0 heterocycles. The quantitative estimate of drug-likeness (QED) is 0.440. The molecule has 0 amide bonds. The van der Waals surface area contributed by atoms with Crippen molar-refractivity contribution in [3.8, 4) is 11.5 Å². The van der Waals surface area contributed by atoms with E-state index in [1.54, 1.807) is 26.6 Å². The summed E-state index contributed by atoms with van der Waals surface area (Å²) in [5, 5.41) is 8.11. The van der Waals surface area contributed by atoms with Gasteiger partial charge in [-0.2, -0.15) is 10.2 Å². The van der Waals surface area contributed by atoms with Crippen LogP contribution in [0, 0.1) is 3.57 Å². The lowest BCUT2D eigenvalue weighted by atomic mass is 10.2. The fourth-order valence-electron chi connectivity index (χ4n) is 1.80. The Bertz CT molecular complexity index is 669. The Morgan fingerprint density at radius 1 is 0.952 bits per heavy atom. The summed E-state index contributed by atoms with van der Waals surface area (Å²) in [5.74, 6) is 1.32. The Kier molecular flexibility index (Phi) is 5.74. The smallest absolute Gasteiger partial charge is 0.169 e. The molecule has 0 aromatic heterocycles. The van der Waals surface area contributed by atoms with E-state index >= 15 is 0 Å². The molecule has 0 spiro atoms. The van der Waals surface area contributed by atoms with Crippen molar-refractivity contribution in [2.45, 2.75) is 0 Å². The standard InChI is InChI=1S/C16H15IN2O2/c1-20-15-8-4-6-13(16(15)21-2)11-19-18-10-12-5-3-7-14(17)9-12/h3-11H,1-2H3/b18-10-,19-11-. The lowest BCUT2D eigenvalue weighted by molar-refractivity contribution is 0.354. The third-order valence-corrected chi connectivity index (χ3v) is 3.42. The van der Waals surface area contributed by atoms with Crippen LogP contribution < -0.4 is 9.47 Å². The molecule has 0 radical (unpaired) electrons. The van der Waals surface area contributed by atoms with Gasteiger partial charge in [-0.3, -0.25) is 0 Å². The van der Waals surface area contributed by atoms with Gasteiger partial charge >= 0.3 is 0 Å². The van der Waals surface area contributed by atoms with Crippen molar-refractivity contribution in [1.29, 1.82) is 0 Å².